The number of carboxylic acid groups (broad SMARTS) is 1. The second-order valence-electron chi connectivity index (χ2n) is 4.44. The topological polar surface area (TPSA) is 37.3 Å². The third-order valence-electron chi connectivity index (χ3n) is 1.68. The molecule has 76 valence electrons. The van der Waals surface area contributed by atoms with Crippen LogP contribution >= 0.6 is 0 Å². The summed E-state index contributed by atoms with van der Waals surface area (Å²) in [6, 6.07) is 0. The van der Waals surface area contributed by atoms with Crippen molar-refractivity contribution in [2.75, 3.05) is 0 Å². The van der Waals surface area contributed by atoms with Gasteiger partial charge in [0, 0.05) is 5.57 Å². The molecule has 13 heavy (non-hydrogen) atoms. The maximum atomic E-state index is 10.8. The summed E-state index contributed by atoms with van der Waals surface area (Å²) in [5, 5.41) is 8.89. The molecule has 1 N–H and O–H groups in total. The third kappa shape index (κ3) is 6.38. The van der Waals surface area contributed by atoms with Gasteiger partial charge in [0.1, 0.15) is 0 Å². The Bertz CT molecular complexity index is 197. The fourth-order valence-electron chi connectivity index (χ4n) is 1.13. The minimum atomic E-state index is -0.775. The fourth-order valence-corrected chi connectivity index (χ4v) is 1.13. The van der Waals surface area contributed by atoms with Crippen molar-refractivity contribution in [2.24, 2.45) is 5.41 Å². The molecule has 2 nitrogen and oxygen atoms in total. The van der Waals surface area contributed by atoms with E-state index in [0.717, 1.165) is 12.8 Å². The van der Waals surface area contributed by atoms with Crippen molar-refractivity contribution in [1.82, 2.24) is 0 Å². The van der Waals surface area contributed by atoms with E-state index in [1.165, 1.54) is 0 Å². The molecular weight excluding hydrogens is 164 g/mol. The third-order valence-corrected chi connectivity index (χ3v) is 1.68. The van der Waals surface area contributed by atoms with Gasteiger partial charge in [-0.05, 0) is 18.3 Å². The molecule has 0 rings (SSSR count). The molecular formula is C11H20O2. The predicted octanol–water partition coefficient (Wildman–Crippen LogP) is 3.23. The summed E-state index contributed by atoms with van der Waals surface area (Å²) >= 11 is 0. The molecule has 0 heterocycles. The lowest BCUT2D eigenvalue weighted by atomic mass is 9.92. The average Bonchev–Trinajstić information content (AvgIpc) is 1.95. The minimum Gasteiger partial charge on any atom is -0.478 e. The van der Waals surface area contributed by atoms with Crippen LogP contribution in [-0.4, -0.2) is 11.1 Å². The lowest BCUT2D eigenvalue weighted by molar-refractivity contribution is -0.132. The van der Waals surface area contributed by atoms with Crippen molar-refractivity contribution in [1.29, 1.82) is 0 Å². The van der Waals surface area contributed by atoms with Crippen LogP contribution in [0, 0.1) is 5.41 Å². The first-order chi connectivity index (χ1) is 5.87. The predicted molar refractivity (Wildman–Crippen MR) is 54.7 cm³/mol. The monoisotopic (exact) mass is 184 g/mol. The van der Waals surface area contributed by atoms with E-state index >= 15 is 0 Å². The smallest absolute Gasteiger partial charge is 0.331 e. The van der Waals surface area contributed by atoms with Crippen LogP contribution in [0.4, 0.5) is 0 Å². The van der Waals surface area contributed by atoms with Crippen LogP contribution in [0.25, 0.3) is 0 Å². The molecule has 0 aromatic carbocycles. The summed E-state index contributed by atoms with van der Waals surface area (Å²) in [7, 11) is 0. The molecule has 0 aliphatic rings. The van der Waals surface area contributed by atoms with Crippen LogP contribution in [0.5, 0.6) is 0 Å². The second kappa shape index (κ2) is 5.05. The number of allylic oxidation sites excluding steroid dienone is 1. The Kier molecular flexibility index (Phi) is 4.74. The van der Waals surface area contributed by atoms with Gasteiger partial charge in [0.2, 0.25) is 0 Å². The van der Waals surface area contributed by atoms with Crippen molar-refractivity contribution in [3.05, 3.63) is 11.6 Å². The molecule has 0 saturated heterocycles. The minimum absolute atomic E-state index is 0.0402. The molecule has 0 bridgehead atoms. The molecule has 0 saturated carbocycles. The Morgan fingerprint density at radius 2 is 1.92 bits per heavy atom. The van der Waals surface area contributed by atoms with Gasteiger partial charge in [0.15, 0.2) is 0 Å². The molecule has 0 fully saturated rings. The van der Waals surface area contributed by atoms with Crippen LogP contribution in [0.2, 0.25) is 0 Å². The van der Waals surface area contributed by atoms with E-state index in [9.17, 15) is 4.79 Å². The summed E-state index contributed by atoms with van der Waals surface area (Å²) in [6.45, 7) is 8.11. The summed E-state index contributed by atoms with van der Waals surface area (Å²) < 4.78 is 0. The van der Waals surface area contributed by atoms with Crippen molar-refractivity contribution in [3.8, 4) is 0 Å². The van der Waals surface area contributed by atoms with Gasteiger partial charge in [0.25, 0.3) is 0 Å². The molecule has 0 radical (unpaired) electrons. The van der Waals surface area contributed by atoms with Crippen LogP contribution < -0.4 is 0 Å². The lowest BCUT2D eigenvalue weighted by Crippen LogP contribution is -2.07. The van der Waals surface area contributed by atoms with Gasteiger partial charge in [-0.2, -0.15) is 0 Å². The highest BCUT2D eigenvalue weighted by atomic mass is 16.4. The van der Waals surface area contributed by atoms with E-state index in [1.807, 2.05) is 26.8 Å². The van der Waals surface area contributed by atoms with Gasteiger partial charge in [-0.25, -0.2) is 4.79 Å². The quantitative estimate of drug-likeness (QED) is 0.681. The maximum absolute atomic E-state index is 10.8. The normalized spacial score (nSPS) is 13.1. The first-order valence-electron chi connectivity index (χ1n) is 4.82. The Hall–Kier alpha value is -0.790. The summed E-state index contributed by atoms with van der Waals surface area (Å²) in [4.78, 5) is 10.8. The molecule has 0 aliphatic carbocycles. The molecule has 0 aromatic rings. The largest absolute Gasteiger partial charge is 0.478 e. The van der Waals surface area contributed by atoms with Crippen LogP contribution in [-0.2, 0) is 4.79 Å². The van der Waals surface area contributed by atoms with Crippen molar-refractivity contribution < 1.29 is 9.90 Å². The van der Waals surface area contributed by atoms with E-state index in [2.05, 4.69) is 6.92 Å². The van der Waals surface area contributed by atoms with Gasteiger partial charge >= 0.3 is 5.97 Å². The highest BCUT2D eigenvalue weighted by molar-refractivity contribution is 5.86. The van der Waals surface area contributed by atoms with Gasteiger partial charge < -0.3 is 5.11 Å². The van der Waals surface area contributed by atoms with Crippen LogP contribution in [0.15, 0.2) is 11.6 Å². The zero-order valence-electron chi connectivity index (χ0n) is 9.05. The van der Waals surface area contributed by atoms with Crippen molar-refractivity contribution in [3.63, 3.8) is 0 Å². The number of rotatable bonds is 4. The summed E-state index contributed by atoms with van der Waals surface area (Å²) in [5.74, 6) is -0.775. The number of hydrogen-bond donors (Lipinski definition) is 1. The first-order valence-corrected chi connectivity index (χ1v) is 4.82. The number of aliphatic carboxylic acids is 1. The molecule has 0 aromatic heterocycles. The van der Waals surface area contributed by atoms with Crippen LogP contribution in [0.3, 0.4) is 0 Å². The van der Waals surface area contributed by atoms with E-state index < -0.39 is 5.97 Å². The second-order valence-corrected chi connectivity index (χ2v) is 4.44. The zero-order chi connectivity index (χ0) is 10.5. The molecule has 0 aliphatic heterocycles. The highest BCUT2D eigenvalue weighted by Crippen LogP contribution is 2.20. The molecule has 2 heteroatoms. The van der Waals surface area contributed by atoms with Gasteiger partial charge in [-0.1, -0.05) is 40.2 Å². The molecule has 0 atom stereocenters. The van der Waals surface area contributed by atoms with E-state index in [1.54, 1.807) is 0 Å². The molecule has 0 amide bonds. The standard InChI is InChI=1S/C11H20O2/c1-5-6-7-9(10(12)13)8-11(2,3)4/h8H,5-7H2,1-4H3,(H,12,13)/b9-8+. The summed E-state index contributed by atoms with van der Waals surface area (Å²) in [5.41, 5.74) is 0.510. The van der Waals surface area contributed by atoms with Crippen LogP contribution in [0.1, 0.15) is 47.0 Å². The van der Waals surface area contributed by atoms with E-state index in [4.69, 9.17) is 5.11 Å². The lowest BCUT2D eigenvalue weighted by Gasteiger charge is -2.14. The average molecular weight is 184 g/mol. The van der Waals surface area contributed by atoms with Gasteiger partial charge in [-0.3, -0.25) is 0 Å². The molecule has 0 spiro atoms. The first kappa shape index (κ1) is 12.2. The van der Waals surface area contributed by atoms with Gasteiger partial charge in [0.05, 0.1) is 0 Å². The van der Waals surface area contributed by atoms with Gasteiger partial charge in [-0.15, -0.1) is 0 Å². The van der Waals surface area contributed by atoms with E-state index in [-0.39, 0.29) is 5.41 Å². The number of hydrogen-bond acceptors (Lipinski definition) is 1. The maximum Gasteiger partial charge on any atom is 0.331 e. The molecule has 0 unspecified atom stereocenters. The number of carboxylic acids is 1. The van der Waals surface area contributed by atoms with Crippen molar-refractivity contribution >= 4 is 5.97 Å². The Labute approximate surface area is 80.7 Å². The zero-order valence-corrected chi connectivity index (χ0v) is 9.05. The van der Waals surface area contributed by atoms with E-state index in [0.29, 0.717) is 12.0 Å². The number of unbranched alkanes of at least 4 members (excludes halogenated alkanes) is 1. The van der Waals surface area contributed by atoms with Crippen molar-refractivity contribution in [2.45, 2.75) is 47.0 Å². The Morgan fingerprint density at radius 1 is 1.38 bits per heavy atom. The summed E-state index contributed by atoms with van der Waals surface area (Å²) in [6.07, 6.45) is 4.52. The Morgan fingerprint density at radius 3 is 2.23 bits per heavy atom. The number of carbonyl (C=O) groups is 1. The fraction of sp³-hybridized carbons (Fsp3) is 0.727. The SMILES string of the molecule is CCCC/C(=C\C(C)(C)C)C(=O)O. The highest BCUT2D eigenvalue weighted by Gasteiger charge is 2.12. The Balaban J connectivity index is 4.42.